The Hall–Kier alpha value is -2.15. The second-order valence-electron chi connectivity index (χ2n) is 4.94. The third-order valence-electron chi connectivity index (χ3n) is 3.41. The summed E-state index contributed by atoms with van der Waals surface area (Å²) in [4.78, 5) is 35.7. The minimum atomic E-state index is -0.931. The Morgan fingerprint density at radius 1 is 1.27 bits per heavy atom. The van der Waals surface area contributed by atoms with E-state index in [4.69, 9.17) is 16.3 Å². The molecule has 7 nitrogen and oxygen atoms in total. The summed E-state index contributed by atoms with van der Waals surface area (Å²) in [6.07, 6.45) is 2.94. The molecular formula is C14H15ClN2O5. The Morgan fingerprint density at radius 2 is 1.95 bits per heavy atom. The van der Waals surface area contributed by atoms with Crippen LogP contribution in [0, 0.1) is 10.1 Å². The van der Waals surface area contributed by atoms with Crippen molar-refractivity contribution in [3.05, 3.63) is 38.9 Å². The lowest BCUT2D eigenvalue weighted by molar-refractivity contribution is -0.385. The molecule has 1 fully saturated rings. The van der Waals surface area contributed by atoms with E-state index < -0.39 is 23.2 Å². The van der Waals surface area contributed by atoms with Crippen LogP contribution in [0.3, 0.4) is 0 Å². The van der Waals surface area contributed by atoms with E-state index in [0.717, 1.165) is 31.4 Å². The van der Waals surface area contributed by atoms with Gasteiger partial charge in [0.15, 0.2) is 6.61 Å². The van der Waals surface area contributed by atoms with Crippen molar-refractivity contribution >= 4 is 29.2 Å². The van der Waals surface area contributed by atoms with Crippen LogP contribution in [-0.2, 0) is 9.53 Å². The van der Waals surface area contributed by atoms with Gasteiger partial charge in [0.05, 0.1) is 4.92 Å². The fourth-order valence-corrected chi connectivity index (χ4v) is 2.44. The van der Waals surface area contributed by atoms with E-state index in [2.05, 4.69) is 0 Å². The summed E-state index contributed by atoms with van der Waals surface area (Å²) in [5.74, 6) is -1.22. The van der Waals surface area contributed by atoms with Crippen LogP contribution >= 0.6 is 11.6 Å². The number of nitro groups is 1. The number of ether oxygens (including phenoxy) is 1. The molecule has 0 aromatic heterocycles. The van der Waals surface area contributed by atoms with Crippen molar-refractivity contribution < 1.29 is 19.2 Å². The fourth-order valence-electron chi connectivity index (χ4n) is 2.27. The number of carbonyl (C=O) groups is 2. The maximum absolute atomic E-state index is 12.0. The third kappa shape index (κ3) is 3.94. The molecule has 1 amide bonds. The summed E-state index contributed by atoms with van der Waals surface area (Å²) in [6, 6.07) is 3.61. The van der Waals surface area contributed by atoms with Crippen LogP contribution < -0.4 is 0 Å². The van der Waals surface area contributed by atoms with Crippen molar-refractivity contribution in [1.29, 1.82) is 0 Å². The third-order valence-corrected chi connectivity index (χ3v) is 3.65. The summed E-state index contributed by atoms with van der Waals surface area (Å²) in [5.41, 5.74) is -0.663. The maximum Gasteiger partial charge on any atom is 0.345 e. The SMILES string of the molecule is O=C(OCC(=O)N1CCCCC1)c1cc(Cl)ccc1[N+](=O)[O-]. The largest absolute Gasteiger partial charge is 0.452 e. The molecule has 118 valence electrons. The van der Waals surface area contributed by atoms with Crippen LogP contribution in [0.4, 0.5) is 5.69 Å². The number of likely N-dealkylation sites (tertiary alicyclic amines) is 1. The van der Waals surface area contributed by atoms with Gasteiger partial charge in [-0.2, -0.15) is 0 Å². The predicted octanol–water partition coefficient (Wildman–Crippen LogP) is 2.42. The number of nitro benzene ring substituents is 1. The molecule has 0 spiro atoms. The van der Waals surface area contributed by atoms with Crippen LogP contribution in [0.1, 0.15) is 29.6 Å². The maximum atomic E-state index is 12.0. The van der Waals surface area contributed by atoms with Gasteiger partial charge in [0.25, 0.3) is 11.6 Å². The smallest absolute Gasteiger partial charge is 0.345 e. The van der Waals surface area contributed by atoms with Gasteiger partial charge in [0, 0.05) is 24.2 Å². The fraction of sp³-hybridized carbons (Fsp3) is 0.429. The second kappa shape index (κ2) is 7.22. The Bertz CT molecular complexity index is 599. The van der Waals surface area contributed by atoms with E-state index in [1.54, 1.807) is 4.90 Å². The normalized spacial score (nSPS) is 14.5. The summed E-state index contributed by atoms with van der Waals surface area (Å²) in [6.45, 7) is 0.865. The highest BCUT2D eigenvalue weighted by Crippen LogP contribution is 2.23. The number of halogens is 1. The van der Waals surface area contributed by atoms with Crippen molar-refractivity contribution in [2.75, 3.05) is 19.7 Å². The quantitative estimate of drug-likeness (QED) is 0.481. The molecule has 22 heavy (non-hydrogen) atoms. The molecule has 8 heteroatoms. The molecule has 0 atom stereocenters. The molecule has 0 radical (unpaired) electrons. The van der Waals surface area contributed by atoms with Crippen LogP contribution in [0.2, 0.25) is 5.02 Å². The molecule has 1 aromatic rings. The average Bonchev–Trinajstić information content (AvgIpc) is 2.52. The number of amides is 1. The van der Waals surface area contributed by atoms with E-state index in [1.807, 2.05) is 0 Å². The first-order chi connectivity index (χ1) is 10.5. The number of carbonyl (C=O) groups excluding carboxylic acids is 2. The zero-order valence-electron chi connectivity index (χ0n) is 11.8. The molecule has 0 aliphatic carbocycles. The predicted molar refractivity (Wildman–Crippen MR) is 78.8 cm³/mol. The average molecular weight is 327 g/mol. The number of hydrogen-bond acceptors (Lipinski definition) is 5. The van der Waals surface area contributed by atoms with Gasteiger partial charge in [0.2, 0.25) is 0 Å². The molecule has 1 aliphatic heterocycles. The number of benzene rings is 1. The van der Waals surface area contributed by atoms with E-state index in [-0.39, 0.29) is 16.5 Å². The molecular weight excluding hydrogens is 312 g/mol. The first kappa shape index (κ1) is 16.2. The summed E-state index contributed by atoms with van der Waals surface area (Å²) >= 11 is 5.74. The van der Waals surface area contributed by atoms with Crippen molar-refractivity contribution in [1.82, 2.24) is 4.90 Å². The van der Waals surface area contributed by atoms with Gasteiger partial charge < -0.3 is 9.64 Å². The van der Waals surface area contributed by atoms with Gasteiger partial charge in [-0.3, -0.25) is 14.9 Å². The van der Waals surface area contributed by atoms with Gasteiger partial charge in [-0.1, -0.05) is 11.6 Å². The minimum Gasteiger partial charge on any atom is -0.452 e. The second-order valence-corrected chi connectivity index (χ2v) is 5.37. The number of rotatable bonds is 4. The first-order valence-electron chi connectivity index (χ1n) is 6.88. The molecule has 1 aromatic carbocycles. The van der Waals surface area contributed by atoms with Crippen molar-refractivity contribution in [2.24, 2.45) is 0 Å². The van der Waals surface area contributed by atoms with Gasteiger partial charge in [-0.25, -0.2) is 4.79 Å². The molecule has 1 heterocycles. The van der Waals surface area contributed by atoms with E-state index in [9.17, 15) is 19.7 Å². The van der Waals surface area contributed by atoms with Crippen molar-refractivity contribution in [3.8, 4) is 0 Å². The molecule has 0 saturated carbocycles. The Morgan fingerprint density at radius 3 is 2.59 bits per heavy atom. The number of piperidine rings is 1. The lowest BCUT2D eigenvalue weighted by Gasteiger charge is -2.26. The van der Waals surface area contributed by atoms with Crippen LogP contribution in [-0.4, -0.2) is 41.4 Å². The topological polar surface area (TPSA) is 89.8 Å². The summed E-state index contributed by atoms with van der Waals surface area (Å²) < 4.78 is 4.90. The Balaban J connectivity index is 2.01. The highest BCUT2D eigenvalue weighted by atomic mass is 35.5. The van der Waals surface area contributed by atoms with Crippen LogP contribution in [0.5, 0.6) is 0 Å². The number of esters is 1. The number of nitrogens with zero attached hydrogens (tertiary/aromatic N) is 2. The minimum absolute atomic E-state index is 0.180. The summed E-state index contributed by atoms with van der Waals surface area (Å²) in [5, 5.41) is 11.1. The lowest BCUT2D eigenvalue weighted by Crippen LogP contribution is -2.38. The zero-order valence-corrected chi connectivity index (χ0v) is 12.5. The van der Waals surface area contributed by atoms with Gasteiger partial charge in [-0.15, -0.1) is 0 Å². The lowest BCUT2D eigenvalue weighted by atomic mass is 10.1. The Kier molecular flexibility index (Phi) is 5.32. The molecule has 2 rings (SSSR count). The first-order valence-corrected chi connectivity index (χ1v) is 7.25. The van der Waals surface area contributed by atoms with E-state index in [0.29, 0.717) is 13.1 Å². The van der Waals surface area contributed by atoms with E-state index in [1.165, 1.54) is 6.07 Å². The van der Waals surface area contributed by atoms with Gasteiger partial charge >= 0.3 is 5.97 Å². The molecule has 0 unspecified atom stereocenters. The van der Waals surface area contributed by atoms with Gasteiger partial charge in [0.1, 0.15) is 5.56 Å². The van der Waals surface area contributed by atoms with Gasteiger partial charge in [-0.05, 0) is 31.4 Å². The van der Waals surface area contributed by atoms with Crippen molar-refractivity contribution in [3.63, 3.8) is 0 Å². The van der Waals surface area contributed by atoms with Crippen molar-refractivity contribution in [2.45, 2.75) is 19.3 Å². The molecule has 1 aliphatic rings. The summed E-state index contributed by atoms with van der Waals surface area (Å²) in [7, 11) is 0. The number of hydrogen-bond donors (Lipinski definition) is 0. The highest BCUT2D eigenvalue weighted by Gasteiger charge is 2.24. The van der Waals surface area contributed by atoms with Crippen LogP contribution in [0.15, 0.2) is 18.2 Å². The Labute approximate surface area is 131 Å². The standard InChI is InChI=1S/C14H15ClN2O5/c15-10-4-5-12(17(20)21)11(8-10)14(19)22-9-13(18)16-6-2-1-3-7-16/h4-5,8H,1-3,6-7,9H2. The zero-order chi connectivity index (χ0) is 16.1. The molecule has 1 saturated heterocycles. The van der Waals surface area contributed by atoms with E-state index >= 15 is 0 Å². The molecule has 0 bridgehead atoms. The molecule has 0 N–H and O–H groups in total. The monoisotopic (exact) mass is 326 g/mol. The highest BCUT2D eigenvalue weighted by molar-refractivity contribution is 6.31. The van der Waals surface area contributed by atoms with Crippen LogP contribution in [0.25, 0.3) is 0 Å².